The Bertz CT molecular complexity index is 737. The number of hydrogen-bond donors (Lipinski definition) is 1. The van der Waals surface area contributed by atoms with Crippen LogP contribution >= 0.6 is 15.9 Å². The topological polar surface area (TPSA) is 56.2 Å². The molecule has 1 aromatic carbocycles. The first kappa shape index (κ1) is 17.7. The molecular weight excluding hydrogens is 365 g/mol. The van der Waals surface area contributed by atoms with Crippen molar-refractivity contribution in [2.75, 3.05) is 0 Å². The van der Waals surface area contributed by atoms with Crippen LogP contribution in [0.3, 0.4) is 0 Å². The lowest BCUT2D eigenvalue weighted by molar-refractivity contribution is 0.0504. The lowest BCUT2D eigenvalue weighted by Crippen LogP contribution is -2.39. The van der Waals surface area contributed by atoms with E-state index in [-0.39, 0.29) is 11.9 Å². The first-order valence-corrected chi connectivity index (χ1v) is 8.17. The molecule has 1 amide bonds. The minimum absolute atomic E-state index is 0.192. The number of rotatable bonds is 3. The number of aromatic nitrogens is 2. The van der Waals surface area contributed by atoms with Gasteiger partial charge in [-0.2, -0.15) is 0 Å². The van der Waals surface area contributed by atoms with E-state index in [0.29, 0.717) is 27.9 Å². The minimum Gasteiger partial charge on any atom is -0.444 e. The third-order valence-corrected chi connectivity index (χ3v) is 3.64. The number of nitrogens with one attached hydrogen (secondary N) is 1. The van der Waals surface area contributed by atoms with Gasteiger partial charge in [-0.15, -0.1) is 0 Å². The molecule has 126 valence electrons. The molecular formula is C16H21BrFN3O2. The normalized spacial score (nSPS) is 13.2. The summed E-state index contributed by atoms with van der Waals surface area (Å²) in [7, 11) is 0. The number of fused-ring (bicyclic) bond motifs is 1. The molecule has 0 saturated heterocycles. The van der Waals surface area contributed by atoms with Gasteiger partial charge in [0.2, 0.25) is 0 Å². The van der Waals surface area contributed by atoms with Crippen molar-refractivity contribution < 1.29 is 13.9 Å². The van der Waals surface area contributed by atoms with E-state index in [1.165, 1.54) is 6.07 Å². The molecule has 1 N–H and O–H groups in total. The SMILES string of the molecule is Cc1nc2c(F)cc(Br)cc2n1CC(C)NC(=O)OC(C)(C)C. The molecule has 1 atom stereocenters. The van der Waals surface area contributed by atoms with Crippen molar-refractivity contribution in [1.29, 1.82) is 0 Å². The van der Waals surface area contributed by atoms with Crippen LogP contribution in [-0.4, -0.2) is 27.3 Å². The second-order valence-electron chi connectivity index (χ2n) is 6.57. The van der Waals surface area contributed by atoms with Crippen LogP contribution in [0.5, 0.6) is 0 Å². The minimum atomic E-state index is -0.546. The number of nitrogens with zero attached hydrogens (tertiary/aromatic N) is 2. The molecule has 1 aromatic heterocycles. The van der Waals surface area contributed by atoms with Crippen molar-refractivity contribution >= 4 is 33.1 Å². The quantitative estimate of drug-likeness (QED) is 0.862. The fourth-order valence-corrected chi connectivity index (χ4v) is 2.74. The Morgan fingerprint density at radius 2 is 2.13 bits per heavy atom. The molecule has 0 saturated carbocycles. The molecule has 0 aliphatic carbocycles. The molecule has 5 nitrogen and oxygen atoms in total. The van der Waals surface area contributed by atoms with Gasteiger partial charge in [0.1, 0.15) is 16.9 Å². The number of amides is 1. The predicted molar refractivity (Wildman–Crippen MR) is 91.0 cm³/mol. The molecule has 0 aliphatic heterocycles. The van der Waals surface area contributed by atoms with E-state index in [1.807, 2.05) is 45.3 Å². The molecule has 1 unspecified atom stereocenters. The fourth-order valence-electron chi connectivity index (χ4n) is 2.32. The van der Waals surface area contributed by atoms with Gasteiger partial charge in [-0.05, 0) is 46.8 Å². The van der Waals surface area contributed by atoms with Crippen LogP contribution in [0.4, 0.5) is 9.18 Å². The summed E-state index contributed by atoms with van der Waals surface area (Å²) in [4.78, 5) is 16.1. The van der Waals surface area contributed by atoms with Crippen molar-refractivity contribution in [3.05, 3.63) is 28.2 Å². The van der Waals surface area contributed by atoms with Gasteiger partial charge in [-0.25, -0.2) is 14.2 Å². The maximum Gasteiger partial charge on any atom is 0.407 e. The number of carbonyl (C=O) groups is 1. The van der Waals surface area contributed by atoms with E-state index in [9.17, 15) is 9.18 Å². The van der Waals surface area contributed by atoms with E-state index >= 15 is 0 Å². The third-order valence-electron chi connectivity index (χ3n) is 3.18. The number of ether oxygens (including phenoxy) is 1. The van der Waals surface area contributed by atoms with E-state index in [0.717, 1.165) is 0 Å². The van der Waals surface area contributed by atoms with Gasteiger partial charge in [0.05, 0.1) is 5.52 Å². The molecule has 2 aromatic rings. The van der Waals surface area contributed by atoms with Crippen LogP contribution in [0.2, 0.25) is 0 Å². The summed E-state index contributed by atoms with van der Waals surface area (Å²) in [5.74, 6) is 0.318. The summed E-state index contributed by atoms with van der Waals surface area (Å²) >= 11 is 3.30. The smallest absolute Gasteiger partial charge is 0.407 e. The summed E-state index contributed by atoms with van der Waals surface area (Å²) in [5, 5.41) is 2.78. The van der Waals surface area contributed by atoms with Crippen LogP contribution in [-0.2, 0) is 11.3 Å². The first-order valence-electron chi connectivity index (χ1n) is 7.38. The van der Waals surface area contributed by atoms with Crippen LogP contribution in [0.15, 0.2) is 16.6 Å². The Morgan fingerprint density at radius 3 is 2.74 bits per heavy atom. The highest BCUT2D eigenvalue weighted by Crippen LogP contribution is 2.24. The molecule has 0 bridgehead atoms. The Morgan fingerprint density at radius 1 is 1.48 bits per heavy atom. The Labute approximate surface area is 143 Å². The Balaban J connectivity index is 2.18. The maximum absolute atomic E-state index is 14.0. The highest BCUT2D eigenvalue weighted by atomic mass is 79.9. The van der Waals surface area contributed by atoms with Crippen LogP contribution in [0.25, 0.3) is 11.0 Å². The summed E-state index contributed by atoms with van der Waals surface area (Å²) in [6.45, 7) is 9.58. The second-order valence-corrected chi connectivity index (χ2v) is 7.49. The molecule has 23 heavy (non-hydrogen) atoms. The lowest BCUT2D eigenvalue weighted by Gasteiger charge is -2.22. The Kier molecular flexibility index (Phi) is 4.98. The van der Waals surface area contributed by atoms with E-state index in [2.05, 4.69) is 26.2 Å². The molecule has 0 fully saturated rings. The average molecular weight is 386 g/mol. The molecule has 7 heteroatoms. The molecule has 0 radical (unpaired) electrons. The van der Waals surface area contributed by atoms with Crippen molar-refractivity contribution in [2.24, 2.45) is 0 Å². The van der Waals surface area contributed by atoms with Crippen molar-refractivity contribution in [2.45, 2.75) is 52.8 Å². The Hall–Kier alpha value is -1.63. The van der Waals surface area contributed by atoms with Gasteiger partial charge in [0.15, 0.2) is 5.82 Å². The van der Waals surface area contributed by atoms with Gasteiger partial charge >= 0.3 is 6.09 Å². The second kappa shape index (κ2) is 6.47. The van der Waals surface area contributed by atoms with Crippen LogP contribution in [0.1, 0.15) is 33.5 Å². The summed E-state index contributed by atoms with van der Waals surface area (Å²) in [6, 6.07) is 3.02. The number of alkyl carbamates (subject to hydrolysis) is 1. The number of carbonyl (C=O) groups excluding carboxylic acids is 1. The molecule has 2 rings (SSSR count). The maximum atomic E-state index is 14.0. The highest BCUT2D eigenvalue weighted by molar-refractivity contribution is 9.10. The average Bonchev–Trinajstić information content (AvgIpc) is 2.64. The van der Waals surface area contributed by atoms with Crippen LogP contribution in [0, 0.1) is 12.7 Å². The number of imidazole rings is 1. The summed E-state index contributed by atoms with van der Waals surface area (Å²) < 4.78 is 21.7. The van der Waals surface area contributed by atoms with Crippen molar-refractivity contribution in [1.82, 2.24) is 14.9 Å². The van der Waals surface area contributed by atoms with Crippen molar-refractivity contribution in [3.8, 4) is 0 Å². The molecule has 0 spiro atoms. The zero-order valence-electron chi connectivity index (χ0n) is 13.9. The zero-order chi connectivity index (χ0) is 17.4. The lowest BCUT2D eigenvalue weighted by atomic mass is 10.2. The predicted octanol–water partition coefficient (Wildman–Crippen LogP) is 4.16. The van der Waals surface area contributed by atoms with Crippen molar-refractivity contribution in [3.63, 3.8) is 0 Å². The van der Waals surface area contributed by atoms with Gasteiger partial charge < -0.3 is 14.6 Å². The van der Waals surface area contributed by atoms with Gasteiger partial charge in [0.25, 0.3) is 0 Å². The fraction of sp³-hybridized carbons (Fsp3) is 0.500. The van der Waals surface area contributed by atoms with E-state index in [1.54, 1.807) is 0 Å². The number of benzene rings is 1. The standard InChI is InChI=1S/C16H21BrFN3O2/c1-9(19-15(22)23-16(3,4)5)8-21-10(2)20-14-12(18)6-11(17)7-13(14)21/h6-7,9H,8H2,1-5H3,(H,19,22). The summed E-state index contributed by atoms with van der Waals surface area (Å²) in [6.07, 6.45) is -0.473. The number of aryl methyl sites for hydroxylation is 1. The monoisotopic (exact) mass is 385 g/mol. The summed E-state index contributed by atoms with van der Waals surface area (Å²) in [5.41, 5.74) is 0.470. The first-order chi connectivity index (χ1) is 10.6. The molecule has 1 heterocycles. The number of hydrogen-bond acceptors (Lipinski definition) is 3. The van der Waals surface area contributed by atoms with Crippen LogP contribution < -0.4 is 5.32 Å². The molecule has 0 aliphatic rings. The third kappa shape index (κ3) is 4.43. The van der Waals surface area contributed by atoms with Gasteiger partial charge in [0, 0.05) is 17.1 Å². The van der Waals surface area contributed by atoms with E-state index in [4.69, 9.17) is 4.74 Å². The number of halogens is 2. The largest absolute Gasteiger partial charge is 0.444 e. The van der Waals surface area contributed by atoms with E-state index < -0.39 is 11.7 Å². The van der Waals surface area contributed by atoms with Gasteiger partial charge in [-0.3, -0.25) is 0 Å². The van der Waals surface area contributed by atoms with Gasteiger partial charge in [-0.1, -0.05) is 15.9 Å². The zero-order valence-corrected chi connectivity index (χ0v) is 15.5. The highest BCUT2D eigenvalue weighted by Gasteiger charge is 2.19.